The number of hydrogen-bond acceptors (Lipinski definition) is 8. The molecule has 0 saturated carbocycles. The third-order valence-electron chi connectivity index (χ3n) is 0.178. The summed E-state index contributed by atoms with van der Waals surface area (Å²) >= 11 is -1.44. The van der Waals surface area contributed by atoms with E-state index < -0.39 is 27.1 Å². The van der Waals surface area contributed by atoms with Crippen LogP contribution in [0.25, 0.3) is 0 Å². The molecule has 11 heteroatoms. The van der Waals surface area contributed by atoms with Crippen molar-refractivity contribution >= 4 is 12.3 Å². The molecule has 0 spiro atoms. The van der Waals surface area contributed by atoms with Gasteiger partial charge in [0.15, 0.2) is 0 Å². The van der Waals surface area contributed by atoms with Crippen LogP contribution < -0.4 is 69.3 Å². The fraction of sp³-hybridized carbons (Fsp3) is 0. The predicted molar refractivity (Wildman–Crippen MR) is 14.3 cm³/mol. The summed E-state index contributed by atoms with van der Waals surface area (Å²) in [6.45, 7) is 0. The first kappa shape index (κ1) is 23.5. The SMILES string of the molecule is O=C([O-])OOC(=O)[O-].[Na+].[Na+].[O]=[Mn]=[O]. The third-order valence-corrected chi connectivity index (χ3v) is 0.178. The number of carbonyl (C=O) groups is 2. The molecule has 0 aliphatic rings. The van der Waals surface area contributed by atoms with E-state index in [4.69, 9.17) is 27.5 Å². The van der Waals surface area contributed by atoms with Crippen molar-refractivity contribution in [2.24, 2.45) is 0 Å². The normalized spacial score (nSPS) is 5.54. The van der Waals surface area contributed by atoms with Crippen molar-refractivity contribution in [1.82, 2.24) is 0 Å². The van der Waals surface area contributed by atoms with Crippen molar-refractivity contribution in [2.45, 2.75) is 0 Å². The molecule has 0 unspecified atom stereocenters. The molecule has 0 bridgehead atoms. The molecule has 0 atom stereocenters. The maximum absolute atomic E-state index is 9.15. The van der Waals surface area contributed by atoms with E-state index in [1.54, 1.807) is 0 Å². The van der Waals surface area contributed by atoms with Gasteiger partial charge in [-0.25, -0.2) is 0 Å². The predicted octanol–water partition coefficient (Wildman–Crippen LogP) is -8.61. The second kappa shape index (κ2) is 18.4. The molecular formula is C2MnNa2O8. The summed E-state index contributed by atoms with van der Waals surface area (Å²) in [5.41, 5.74) is 0. The van der Waals surface area contributed by atoms with Crippen LogP contribution in [0.2, 0.25) is 0 Å². The molecule has 13 heavy (non-hydrogen) atoms. The Morgan fingerprint density at radius 1 is 0.923 bits per heavy atom. The standard InChI is InChI=1S/C2H2O6.Mn.2Na.2O/c3-1(4)7-8-2(5)6;;;;;/h(H,3,4)(H,5,6);;;;;/q;;2*+1;;/p-2. The van der Waals surface area contributed by atoms with Crippen molar-refractivity contribution in [3.63, 3.8) is 0 Å². The van der Waals surface area contributed by atoms with Crippen LogP contribution in [0.4, 0.5) is 9.59 Å². The van der Waals surface area contributed by atoms with Gasteiger partial charge in [-0.05, 0) is 0 Å². The van der Waals surface area contributed by atoms with E-state index in [0.29, 0.717) is 0 Å². The maximum atomic E-state index is 9.15. The summed E-state index contributed by atoms with van der Waals surface area (Å²) < 4.78 is 16.8. The Labute approximate surface area is 122 Å². The molecule has 0 N–H and O–H groups in total. The summed E-state index contributed by atoms with van der Waals surface area (Å²) in [5, 5.41) is 18.3. The van der Waals surface area contributed by atoms with Gasteiger partial charge in [0.1, 0.15) is 0 Å². The van der Waals surface area contributed by atoms with Gasteiger partial charge < -0.3 is 29.6 Å². The average Bonchev–Trinajstić information content (AvgIpc) is 1.85. The van der Waals surface area contributed by atoms with E-state index in [1.165, 1.54) is 0 Å². The van der Waals surface area contributed by atoms with E-state index in [9.17, 15) is 0 Å². The minimum atomic E-state index is -2.09. The Morgan fingerprint density at radius 3 is 1.15 bits per heavy atom. The van der Waals surface area contributed by atoms with E-state index in [2.05, 4.69) is 9.78 Å². The number of rotatable bonds is 0. The molecular weight excluding hydrogens is 253 g/mol. The fourth-order valence-corrected chi connectivity index (χ4v) is 0.0680. The van der Waals surface area contributed by atoms with Crippen LogP contribution in [0.15, 0.2) is 0 Å². The van der Waals surface area contributed by atoms with Crippen LogP contribution in [-0.2, 0) is 32.3 Å². The second-order valence-electron chi connectivity index (χ2n) is 0.730. The summed E-state index contributed by atoms with van der Waals surface area (Å²) in [6.07, 6.45) is -4.18. The van der Waals surface area contributed by atoms with E-state index >= 15 is 0 Å². The van der Waals surface area contributed by atoms with Gasteiger partial charge in [-0.3, -0.25) is 0 Å². The average molecular weight is 253 g/mol. The van der Waals surface area contributed by atoms with Gasteiger partial charge in [-0.2, -0.15) is 0 Å². The molecule has 0 saturated heterocycles. The van der Waals surface area contributed by atoms with Gasteiger partial charge in [0.2, 0.25) is 0 Å². The second-order valence-corrected chi connectivity index (χ2v) is 0.926. The van der Waals surface area contributed by atoms with Crippen LogP contribution in [-0.4, -0.2) is 12.3 Å². The van der Waals surface area contributed by atoms with Gasteiger partial charge in [0, 0.05) is 0 Å². The third kappa shape index (κ3) is 44.9. The number of carbonyl (C=O) groups excluding carboxylic acids is 2. The first-order valence-corrected chi connectivity index (χ1v) is 2.66. The summed E-state index contributed by atoms with van der Waals surface area (Å²) in [5.74, 6) is 0. The van der Waals surface area contributed by atoms with Crippen LogP contribution in [0.5, 0.6) is 0 Å². The molecule has 0 aromatic heterocycles. The number of carboxylic acid groups (broad SMARTS) is 2. The van der Waals surface area contributed by atoms with Crippen molar-refractivity contribution in [2.75, 3.05) is 0 Å². The zero-order valence-corrected chi connectivity index (χ0v) is 11.8. The van der Waals surface area contributed by atoms with E-state index in [0.717, 1.165) is 0 Å². The zero-order chi connectivity index (χ0) is 9.28. The van der Waals surface area contributed by atoms with E-state index in [1.807, 2.05) is 0 Å². The Kier molecular flexibility index (Phi) is 33.3. The summed E-state index contributed by atoms with van der Waals surface area (Å²) in [6, 6.07) is 0. The molecule has 0 amide bonds. The molecule has 0 radical (unpaired) electrons. The molecule has 0 aliphatic carbocycles. The first-order chi connectivity index (χ1) is 5.04. The van der Waals surface area contributed by atoms with E-state index in [-0.39, 0.29) is 59.1 Å². The Bertz CT molecular complexity index is 161. The molecule has 0 rings (SSSR count). The molecule has 65 valence electrons. The van der Waals surface area contributed by atoms with Gasteiger partial charge >= 0.3 is 81.6 Å². The molecule has 0 heterocycles. The monoisotopic (exact) mass is 253 g/mol. The van der Waals surface area contributed by atoms with Crippen molar-refractivity contribution in [1.29, 1.82) is 0 Å². The van der Waals surface area contributed by atoms with Gasteiger partial charge in [-0.15, -0.1) is 0 Å². The van der Waals surface area contributed by atoms with Crippen molar-refractivity contribution < 1.29 is 111 Å². The molecule has 0 fully saturated rings. The fourth-order valence-electron chi connectivity index (χ4n) is 0.0680. The Morgan fingerprint density at radius 2 is 1.08 bits per heavy atom. The topological polar surface area (TPSA) is 133 Å². The van der Waals surface area contributed by atoms with Crippen molar-refractivity contribution in [3.05, 3.63) is 0 Å². The Hall–Kier alpha value is 0.659. The van der Waals surface area contributed by atoms with Crippen molar-refractivity contribution in [3.8, 4) is 0 Å². The number of hydrogen-bond donors (Lipinski definition) is 0. The Balaban J connectivity index is -0.0000000720. The first-order valence-electron chi connectivity index (χ1n) is 1.70. The molecule has 0 aromatic carbocycles. The zero-order valence-electron chi connectivity index (χ0n) is 6.64. The summed E-state index contributed by atoms with van der Waals surface area (Å²) in [7, 11) is 0. The van der Waals surface area contributed by atoms with Crippen LogP contribution in [0, 0.1) is 0 Å². The molecule has 0 aliphatic heterocycles. The quantitative estimate of drug-likeness (QED) is 0.236. The molecule has 8 nitrogen and oxygen atoms in total. The van der Waals surface area contributed by atoms with Crippen LogP contribution in [0.3, 0.4) is 0 Å². The minimum absolute atomic E-state index is 0. The van der Waals surface area contributed by atoms with Gasteiger partial charge in [0.25, 0.3) is 12.3 Å². The van der Waals surface area contributed by atoms with Crippen LogP contribution in [0.1, 0.15) is 0 Å². The van der Waals surface area contributed by atoms with Gasteiger partial charge in [-0.1, -0.05) is 0 Å². The molecule has 0 aromatic rings. The van der Waals surface area contributed by atoms with Gasteiger partial charge in [0.05, 0.1) is 0 Å². The van der Waals surface area contributed by atoms with Crippen LogP contribution >= 0.6 is 0 Å². The summed E-state index contributed by atoms with van der Waals surface area (Å²) in [4.78, 5) is 24.2.